The van der Waals surface area contributed by atoms with E-state index in [4.69, 9.17) is 19.4 Å². The van der Waals surface area contributed by atoms with Crippen LogP contribution >= 0.6 is 0 Å². The molecule has 10 aromatic rings. The average molecular weight is 759 g/mol. The lowest BCUT2D eigenvalue weighted by atomic mass is 9.81. The van der Waals surface area contributed by atoms with E-state index in [1.165, 1.54) is 33.4 Å². The van der Waals surface area contributed by atoms with E-state index in [2.05, 4.69) is 140 Å². The summed E-state index contributed by atoms with van der Waals surface area (Å²) in [5.41, 5.74) is 14.8. The van der Waals surface area contributed by atoms with Crippen molar-refractivity contribution >= 4 is 39.0 Å². The predicted octanol–water partition coefficient (Wildman–Crippen LogP) is 14.2. The average Bonchev–Trinajstić information content (AvgIpc) is 3.79. The van der Waals surface area contributed by atoms with Gasteiger partial charge in [0.25, 0.3) is 0 Å². The van der Waals surface area contributed by atoms with E-state index in [9.17, 15) is 0 Å². The molecule has 8 aromatic carbocycles. The van der Waals surface area contributed by atoms with E-state index < -0.39 is 0 Å². The van der Waals surface area contributed by atoms with Crippen molar-refractivity contribution in [3.05, 3.63) is 205 Å². The minimum Gasteiger partial charge on any atom is -0.456 e. The molecule has 1 aliphatic rings. The van der Waals surface area contributed by atoms with Gasteiger partial charge in [0, 0.05) is 50.3 Å². The number of hydrogen-bond acceptors (Lipinski definition) is 5. The summed E-state index contributed by atoms with van der Waals surface area (Å²) < 4.78 is 6.77. The first kappa shape index (κ1) is 34.6. The van der Waals surface area contributed by atoms with Crippen molar-refractivity contribution in [2.24, 2.45) is 0 Å². The number of rotatable bonds is 7. The predicted molar refractivity (Wildman–Crippen MR) is 241 cm³/mol. The lowest BCUT2D eigenvalue weighted by Crippen LogP contribution is -2.20. The minimum atomic E-state index is -0.217. The summed E-state index contributed by atoms with van der Waals surface area (Å²) in [6.07, 6.45) is 0. The number of fused-ring (bicyclic) bond motifs is 6. The van der Waals surface area contributed by atoms with E-state index in [0.717, 1.165) is 55.7 Å². The van der Waals surface area contributed by atoms with Gasteiger partial charge in [0.05, 0.1) is 5.69 Å². The molecular formula is C54H38N4O. The van der Waals surface area contributed by atoms with Crippen LogP contribution in [0.2, 0.25) is 0 Å². The van der Waals surface area contributed by atoms with Crippen LogP contribution in [0.1, 0.15) is 25.0 Å². The molecule has 0 saturated heterocycles. The van der Waals surface area contributed by atoms with Gasteiger partial charge in [0.15, 0.2) is 17.5 Å². The summed E-state index contributed by atoms with van der Waals surface area (Å²) in [5.74, 6) is 1.84. The van der Waals surface area contributed by atoms with Gasteiger partial charge >= 0.3 is 0 Å². The van der Waals surface area contributed by atoms with Crippen LogP contribution in [0, 0.1) is 0 Å². The molecule has 0 fully saturated rings. The fourth-order valence-electron chi connectivity index (χ4n) is 8.94. The Morgan fingerprint density at radius 1 is 0.424 bits per heavy atom. The molecule has 0 aliphatic heterocycles. The lowest BCUT2D eigenvalue weighted by Gasteiger charge is -2.32. The highest BCUT2D eigenvalue weighted by atomic mass is 16.3. The van der Waals surface area contributed by atoms with E-state index in [1.807, 2.05) is 72.8 Å². The van der Waals surface area contributed by atoms with Gasteiger partial charge < -0.3 is 9.32 Å². The zero-order valence-electron chi connectivity index (χ0n) is 32.7. The number of hydrogen-bond donors (Lipinski definition) is 0. The maximum absolute atomic E-state index is 6.77. The van der Waals surface area contributed by atoms with Crippen LogP contribution in [0.25, 0.3) is 78.4 Å². The van der Waals surface area contributed by atoms with Gasteiger partial charge in [-0.05, 0) is 69.8 Å². The van der Waals surface area contributed by atoms with Crippen molar-refractivity contribution < 1.29 is 4.42 Å². The summed E-state index contributed by atoms with van der Waals surface area (Å²) in [7, 11) is 0. The highest BCUT2D eigenvalue weighted by Gasteiger charge is 2.38. The fourth-order valence-corrected chi connectivity index (χ4v) is 8.94. The van der Waals surface area contributed by atoms with Gasteiger partial charge in [-0.2, -0.15) is 0 Å². The largest absolute Gasteiger partial charge is 0.456 e. The van der Waals surface area contributed by atoms with E-state index in [0.29, 0.717) is 17.5 Å². The molecule has 0 spiro atoms. The normalized spacial score (nSPS) is 12.7. The second-order valence-corrected chi connectivity index (χ2v) is 15.6. The monoisotopic (exact) mass is 758 g/mol. The van der Waals surface area contributed by atoms with Gasteiger partial charge in [-0.25, -0.2) is 15.0 Å². The summed E-state index contributed by atoms with van der Waals surface area (Å²) in [4.78, 5) is 17.5. The van der Waals surface area contributed by atoms with E-state index >= 15 is 0 Å². The third kappa shape index (κ3) is 5.81. The van der Waals surface area contributed by atoms with Gasteiger partial charge in [-0.3, -0.25) is 0 Å². The molecule has 5 nitrogen and oxygen atoms in total. The molecule has 11 rings (SSSR count). The summed E-state index contributed by atoms with van der Waals surface area (Å²) in [6, 6.07) is 67.8. The molecule has 5 heteroatoms. The fraction of sp³-hybridized carbons (Fsp3) is 0.0556. The van der Waals surface area contributed by atoms with Crippen molar-refractivity contribution in [1.82, 2.24) is 15.0 Å². The molecule has 59 heavy (non-hydrogen) atoms. The molecule has 0 atom stereocenters. The van der Waals surface area contributed by atoms with Crippen LogP contribution < -0.4 is 4.90 Å². The van der Waals surface area contributed by atoms with E-state index in [-0.39, 0.29) is 5.41 Å². The molecule has 0 bridgehead atoms. The lowest BCUT2D eigenvalue weighted by molar-refractivity contribution is 0.660. The number of nitrogens with zero attached hydrogens (tertiary/aromatic N) is 4. The Kier molecular flexibility index (Phi) is 8.09. The molecule has 0 saturated carbocycles. The highest BCUT2D eigenvalue weighted by molar-refractivity contribution is 6.12. The molecule has 0 radical (unpaired) electrons. The van der Waals surface area contributed by atoms with Crippen LogP contribution in [0.4, 0.5) is 17.1 Å². The Bertz CT molecular complexity index is 3120. The molecule has 2 aromatic heterocycles. The Morgan fingerprint density at radius 3 is 1.66 bits per heavy atom. The first-order valence-electron chi connectivity index (χ1n) is 20.0. The molecule has 0 unspecified atom stereocenters. The number of furan rings is 1. The quantitative estimate of drug-likeness (QED) is 0.162. The summed E-state index contributed by atoms with van der Waals surface area (Å²) >= 11 is 0. The van der Waals surface area contributed by atoms with Crippen molar-refractivity contribution in [3.63, 3.8) is 0 Å². The third-order valence-corrected chi connectivity index (χ3v) is 11.7. The molecular weight excluding hydrogens is 721 g/mol. The van der Waals surface area contributed by atoms with Gasteiger partial charge in [-0.1, -0.05) is 166 Å². The van der Waals surface area contributed by atoms with Crippen LogP contribution in [-0.4, -0.2) is 15.0 Å². The Labute approximate surface area is 342 Å². The third-order valence-electron chi connectivity index (χ3n) is 11.7. The van der Waals surface area contributed by atoms with Crippen LogP contribution in [-0.2, 0) is 5.41 Å². The first-order chi connectivity index (χ1) is 29.0. The van der Waals surface area contributed by atoms with Gasteiger partial charge in [0.2, 0.25) is 0 Å². The Morgan fingerprint density at radius 2 is 0.966 bits per heavy atom. The second-order valence-electron chi connectivity index (χ2n) is 15.6. The van der Waals surface area contributed by atoms with Gasteiger partial charge in [0.1, 0.15) is 11.2 Å². The van der Waals surface area contributed by atoms with Crippen LogP contribution in [0.15, 0.2) is 199 Å². The van der Waals surface area contributed by atoms with Crippen molar-refractivity contribution in [2.75, 3.05) is 4.90 Å². The Balaban J connectivity index is 1.09. The molecule has 0 amide bonds. The number of aromatic nitrogens is 3. The van der Waals surface area contributed by atoms with Crippen LogP contribution in [0.3, 0.4) is 0 Å². The van der Waals surface area contributed by atoms with Crippen LogP contribution in [0.5, 0.6) is 0 Å². The first-order valence-corrected chi connectivity index (χ1v) is 20.0. The van der Waals surface area contributed by atoms with E-state index in [1.54, 1.807) is 0 Å². The zero-order valence-corrected chi connectivity index (χ0v) is 32.7. The maximum Gasteiger partial charge on any atom is 0.164 e. The minimum absolute atomic E-state index is 0.217. The second kappa shape index (κ2) is 13.8. The SMILES string of the molecule is CC1(C)c2ccccc2-c2cccc(N(c3ccc(-c4ccccc4)cc3)c3ccc4c(c3)oc3cccc(-c5nc(-c6ccccc6)nc(-c6ccccc6)n5)c34)c21. The Hall–Kier alpha value is -7.63. The smallest absolute Gasteiger partial charge is 0.164 e. The van der Waals surface area contributed by atoms with Gasteiger partial charge in [-0.15, -0.1) is 0 Å². The number of benzene rings is 8. The topological polar surface area (TPSA) is 55.1 Å². The zero-order chi connectivity index (χ0) is 39.5. The summed E-state index contributed by atoms with van der Waals surface area (Å²) in [5, 5.41) is 1.96. The number of anilines is 3. The summed E-state index contributed by atoms with van der Waals surface area (Å²) in [6.45, 7) is 4.69. The van der Waals surface area contributed by atoms with Crippen molar-refractivity contribution in [3.8, 4) is 56.4 Å². The van der Waals surface area contributed by atoms with Crippen molar-refractivity contribution in [2.45, 2.75) is 19.3 Å². The highest BCUT2D eigenvalue weighted by Crippen LogP contribution is 2.54. The van der Waals surface area contributed by atoms with Crippen molar-refractivity contribution in [1.29, 1.82) is 0 Å². The molecule has 1 aliphatic carbocycles. The molecule has 2 heterocycles. The molecule has 280 valence electrons. The maximum atomic E-state index is 6.77. The molecule has 0 N–H and O–H groups in total. The standard InChI is InChI=1S/C54H38N4O/c1-54(2)45-25-13-12-22-41(45)42-23-14-26-46(50(42)54)58(39-30-28-36(29-31-39)35-16-6-3-7-17-35)40-32-33-43-48(34-40)59-47-27-15-24-44(49(43)47)53-56-51(37-18-8-4-9-19-37)55-52(57-53)38-20-10-5-11-21-38/h3-34H,1-2H3.